The zero-order valence-electron chi connectivity index (χ0n) is 9.17. The Hall–Kier alpha value is -0.760. The molecule has 1 amide bonds. The molecule has 0 heterocycles. The van der Waals surface area contributed by atoms with Crippen molar-refractivity contribution in [2.24, 2.45) is 5.73 Å². The van der Waals surface area contributed by atoms with E-state index in [9.17, 15) is 9.18 Å². The Labute approximate surface area is 118 Å². The van der Waals surface area contributed by atoms with Crippen molar-refractivity contribution in [3.63, 3.8) is 0 Å². The number of halogens is 2. The zero-order valence-corrected chi connectivity index (χ0v) is 12.1. The van der Waals surface area contributed by atoms with Crippen molar-refractivity contribution in [1.29, 1.82) is 0 Å². The summed E-state index contributed by atoms with van der Waals surface area (Å²) in [6.45, 7) is 1.87. The van der Waals surface area contributed by atoms with Crippen LogP contribution in [0.2, 0.25) is 0 Å². The fourth-order valence-corrected chi connectivity index (χ4v) is 2.23. The lowest BCUT2D eigenvalue weighted by atomic mass is 10.1. The fourth-order valence-electron chi connectivity index (χ4n) is 1.28. The van der Waals surface area contributed by atoms with Crippen LogP contribution >= 0.6 is 34.8 Å². The van der Waals surface area contributed by atoms with Crippen LogP contribution in [0.1, 0.15) is 23.7 Å². The minimum absolute atomic E-state index is 0.248. The van der Waals surface area contributed by atoms with Gasteiger partial charge in [0.2, 0.25) is 0 Å². The Kier molecular flexibility index (Phi) is 5.26. The lowest BCUT2D eigenvalue weighted by molar-refractivity contribution is 0.0945. The monoisotopic (exact) mass is 366 g/mol. The lowest BCUT2D eigenvalue weighted by Gasteiger charge is -2.15. The first-order valence-electron chi connectivity index (χ1n) is 5.01. The molecular weight excluding hydrogens is 354 g/mol. The second-order valence-electron chi connectivity index (χ2n) is 3.46. The number of nitrogens with two attached hydrogens (primary N) is 1. The first kappa shape index (κ1) is 14.3. The summed E-state index contributed by atoms with van der Waals surface area (Å²) in [5.41, 5.74) is 5.91. The molecule has 0 aliphatic carbocycles. The van der Waals surface area contributed by atoms with Crippen LogP contribution < -0.4 is 11.1 Å². The highest BCUT2D eigenvalue weighted by atomic mass is 127. The predicted octanol–water partition coefficient (Wildman–Crippen LogP) is 2.22. The number of amides is 1. The number of rotatable bonds is 4. The lowest BCUT2D eigenvalue weighted by Crippen LogP contribution is -2.43. The normalized spacial score (nSPS) is 11.9. The van der Waals surface area contributed by atoms with Gasteiger partial charge in [0.25, 0.3) is 5.91 Å². The molecule has 0 aromatic heterocycles. The predicted molar refractivity (Wildman–Crippen MR) is 77.4 cm³/mol. The van der Waals surface area contributed by atoms with E-state index in [1.807, 2.05) is 29.5 Å². The quantitative estimate of drug-likeness (QED) is 0.635. The van der Waals surface area contributed by atoms with Crippen molar-refractivity contribution < 1.29 is 9.18 Å². The number of thiocarbonyl (C=S) groups is 1. The Morgan fingerprint density at radius 1 is 1.65 bits per heavy atom. The molecule has 0 aliphatic heterocycles. The van der Waals surface area contributed by atoms with Crippen LogP contribution in [0.15, 0.2) is 18.2 Å². The molecule has 3 N–H and O–H groups in total. The maximum atomic E-state index is 12.9. The molecule has 0 radical (unpaired) electrons. The molecular formula is C11H12FIN2OS. The highest BCUT2D eigenvalue weighted by Gasteiger charge is 2.16. The molecule has 1 aromatic carbocycles. The molecule has 0 saturated heterocycles. The molecule has 0 bridgehead atoms. The third-order valence-corrected chi connectivity index (χ3v) is 3.41. The molecule has 0 spiro atoms. The maximum Gasteiger partial charge on any atom is 0.252 e. The van der Waals surface area contributed by atoms with E-state index < -0.39 is 0 Å². The van der Waals surface area contributed by atoms with E-state index in [-0.39, 0.29) is 22.8 Å². The van der Waals surface area contributed by atoms with Gasteiger partial charge in [-0.15, -0.1) is 0 Å². The van der Waals surface area contributed by atoms with Crippen LogP contribution in [0, 0.1) is 9.39 Å². The largest absolute Gasteiger partial charge is 0.392 e. The first-order chi connectivity index (χ1) is 7.95. The minimum Gasteiger partial charge on any atom is -0.392 e. The fraction of sp³-hybridized carbons (Fsp3) is 0.273. The summed E-state index contributed by atoms with van der Waals surface area (Å²) in [5.74, 6) is -0.665. The molecule has 3 nitrogen and oxygen atoms in total. The van der Waals surface area contributed by atoms with Crippen LogP contribution in [0.3, 0.4) is 0 Å². The van der Waals surface area contributed by atoms with Crippen molar-refractivity contribution in [1.82, 2.24) is 5.32 Å². The van der Waals surface area contributed by atoms with Crippen molar-refractivity contribution in [3.05, 3.63) is 33.1 Å². The average Bonchev–Trinajstić information content (AvgIpc) is 2.24. The summed E-state index contributed by atoms with van der Waals surface area (Å²) in [4.78, 5) is 12.1. The van der Waals surface area contributed by atoms with Gasteiger partial charge in [0.1, 0.15) is 5.82 Å². The third kappa shape index (κ3) is 3.88. The summed E-state index contributed by atoms with van der Waals surface area (Å²) in [7, 11) is 0. The van der Waals surface area contributed by atoms with Crippen LogP contribution in [0.25, 0.3) is 0 Å². The second kappa shape index (κ2) is 6.25. The second-order valence-corrected chi connectivity index (χ2v) is 5.09. The Morgan fingerprint density at radius 3 is 2.76 bits per heavy atom. The Bertz CT molecular complexity index is 453. The average molecular weight is 366 g/mol. The maximum absolute atomic E-state index is 12.9. The summed E-state index contributed by atoms with van der Waals surface area (Å²) in [5, 5.41) is 2.71. The smallest absolute Gasteiger partial charge is 0.252 e. The molecule has 92 valence electrons. The summed E-state index contributed by atoms with van der Waals surface area (Å²) in [6, 6.07) is 3.66. The van der Waals surface area contributed by atoms with Gasteiger partial charge < -0.3 is 11.1 Å². The van der Waals surface area contributed by atoms with Crippen molar-refractivity contribution in [2.75, 3.05) is 0 Å². The molecule has 1 rings (SSSR count). The third-order valence-electron chi connectivity index (χ3n) is 2.23. The first-order valence-corrected chi connectivity index (χ1v) is 6.49. The van der Waals surface area contributed by atoms with Crippen LogP contribution in [0.4, 0.5) is 4.39 Å². The van der Waals surface area contributed by atoms with Gasteiger partial charge in [-0.1, -0.05) is 19.1 Å². The van der Waals surface area contributed by atoms with Crippen molar-refractivity contribution >= 4 is 45.7 Å². The van der Waals surface area contributed by atoms with Gasteiger partial charge >= 0.3 is 0 Å². The van der Waals surface area contributed by atoms with Crippen LogP contribution in [-0.4, -0.2) is 16.9 Å². The molecule has 1 unspecified atom stereocenters. The summed E-state index contributed by atoms with van der Waals surface area (Å²) >= 11 is 6.75. The van der Waals surface area contributed by atoms with E-state index in [1.165, 1.54) is 18.2 Å². The Morgan fingerprint density at radius 2 is 2.29 bits per heavy atom. The number of benzene rings is 1. The van der Waals surface area contributed by atoms with E-state index >= 15 is 0 Å². The molecule has 0 fully saturated rings. The van der Waals surface area contributed by atoms with Gasteiger partial charge in [-0.05, 0) is 47.2 Å². The number of carbonyl (C=O) groups excluding carboxylic acids is 1. The van der Waals surface area contributed by atoms with E-state index in [2.05, 4.69) is 5.32 Å². The SMILES string of the molecule is CCC(NC(=O)c1ccc(F)cc1I)C(N)=S. The van der Waals surface area contributed by atoms with Gasteiger partial charge in [-0.25, -0.2) is 4.39 Å². The van der Waals surface area contributed by atoms with Crippen LogP contribution in [-0.2, 0) is 0 Å². The van der Waals surface area contributed by atoms with E-state index in [0.717, 1.165) is 0 Å². The van der Waals surface area contributed by atoms with E-state index in [0.29, 0.717) is 15.6 Å². The molecule has 0 saturated carbocycles. The zero-order chi connectivity index (χ0) is 13.0. The topological polar surface area (TPSA) is 55.1 Å². The van der Waals surface area contributed by atoms with Gasteiger partial charge in [-0.3, -0.25) is 4.79 Å². The number of nitrogens with one attached hydrogen (secondary N) is 1. The molecule has 6 heteroatoms. The molecule has 1 aromatic rings. The van der Waals surface area contributed by atoms with Gasteiger partial charge in [0, 0.05) is 3.57 Å². The summed E-state index contributed by atoms with van der Waals surface area (Å²) < 4.78 is 13.4. The molecule has 1 atom stereocenters. The van der Waals surface area contributed by atoms with Crippen molar-refractivity contribution in [2.45, 2.75) is 19.4 Å². The summed E-state index contributed by atoms with van der Waals surface area (Å²) in [6.07, 6.45) is 0.624. The van der Waals surface area contributed by atoms with E-state index in [4.69, 9.17) is 18.0 Å². The Balaban J connectivity index is 2.86. The number of carbonyl (C=O) groups is 1. The van der Waals surface area contributed by atoms with Gasteiger partial charge in [0.15, 0.2) is 0 Å². The number of hydrogen-bond acceptors (Lipinski definition) is 2. The highest BCUT2D eigenvalue weighted by Crippen LogP contribution is 2.14. The van der Waals surface area contributed by atoms with Gasteiger partial charge in [-0.2, -0.15) is 0 Å². The van der Waals surface area contributed by atoms with Crippen molar-refractivity contribution in [3.8, 4) is 0 Å². The van der Waals surface area contributed by atoms with Crippen LogP contribution in [0.5, 0.6) is 0 Å². The number of hydrogen-bond donors (Lipinski definition) is 2. The van der Waals surface area contributed by atoms with Gasteiger partial charge in [0.05, 0.1) is 16.6 Å². The standard InChI is InChI=1S/C11H12FIN2OS/c1-2-9(10(14)17)15-11(16)7-4-3-6(12)5-8(7)13/h3-5,9H,2H2,1H3,(H2,14,17)(H,15,16). The van der Waals surface area contributed by atoms with E-state index in [1.54, 1.807) is 0 Å². The molecule has 0 aliphatic rings. The highest BCUT2D eigenvalue weighted by molar-refractivity contribution is 14.1. The minimum atomic E-state index is -0.368. The molecule has 17 heavy (non-hydrogen) atoms.